The second-order valence-corrected chi connectivity index (χ2v) is 10.8. The number of ether oxygens (including phenoxy) is 1. The highest BCUT2D eigenvalue weighted by atomic mass is 16.5. The summed E-state index contributed by atoms with van der Waals surface area (Å²) < 4.78 is 6.25. The van der Waals surface area contributed by atoms with Crippen LogP contribution in [0.2, 0.25) is 0 Å². The molecule has 27 heavy (non-hydrogen) atoms. The Kier molecular flexibility index (Phi) is 2.42. The SMILES string of the molecule is C=C1C[C@]23CC(=O)[C@@H]4[C@@]5(C)CCC[C@]46[C@@H]([C@H]2C[C@H]1C(=O)[C@]36O)N1CCO[C@H]15. The van der Waals surface area contributed by atoms with E-state index in [1.165, 1.54) is 0 Å². The summed E-state index contributed by atoms with van der Waals surface area (Å²) in [5, 5.41) is 12.4. The highest BCUT2D eigenvalue weighted by Gasteiger charge is 2.91. The Morgan fingerprint density at radius 1 is 1.26 bits per heavy atom. The Labute approximate surface area is 159 Å². The van der Waals surface area contributed by atoms with Crippen molar-refractivity contribution in [2.75, 3.05) is 13.2 Å². The van der Waals surface area contributed by atoms with Crippen LogP contribution in [0.15, 0.2) is 12.2 Å². The quantitative estimate of drug-likeness (QED) is 0.658. The van der Waals surface area contributed by atoms with E-state index in [-0.39, 0.29) is 47.0 Å². The first-order valence-electron chi connectivity index (χ1n) is 10.7. The molecule has 9 atom stereocenters. The fourth-order valence-electron chi connectivity index (χ4n) is 10.1. The van der Waals surface area contributed by atoms with Crippen LogP contribution in [0.3, 0.4) is 0 Å². The van der Waals surface area contributed by atoms with Crippen LogP contribution < -0.4 is 0 Å². The number of hydrogen-bond acceptors (Lipinski definition) is 5. The number of ketones is 2. The molecule has 2 heterocycles. The number of allylic oxidation sites excluding steroid dienone is 1. The van der Waals surface area contributed by atoms with E-state index in [1.54, 1.807) is 0 Å². The predicted molar refractivity (Wildman–Crippen MR) is 95.5 cm³/mol. The molecule has 8 aliphatic rings. The average molecular weight is 369 g/mol. The van der Waals surface area contributed by atoms with Crippen LogP contribution in [-0.2, 0) is 14.3 Å². The monoisotopic (exact) mass is 369 g/mol. The lowest BCUT2D eigenvalue weighted by molar-refractivity contribution is -0.269. The molecule has 0 aromatic heterocycles. The molecule has 8 rings (SSSR count). The summed E-state index contributed by atoms with van der Waals surface area (Å²) in [5.74, 6) is 0.0194. The summed E-state index contributed by atoms with van der Waals surface area (Å²) in [6, 6.07) is 0.0990. The predicted octanol–water partition coefficient (Wildman–Crippen LogP) is 1.69. The second-order valence-electron chi connectivity index (χ2n) is 10.8. The van der Waals surface area contributed by atoms with Crippen molar-refractivity contribution in [3.63, 3.8) is 0 Å². The molecular weight excluding hydrogens is 342 g/mol. The van der Waals surface area contributed by atoms with Crippen LogP contribution in [-0.4, -0.2) is 52.6 Å². The maximum Gasteiger partial charge on any atom is 0.172 e. The first-order valence-corrected chi connectivity index (χ1v) is 10.7. The van der Waals surface area contributed by atoms with Gasteiger partial charge < -0.3 is 9.84 Å². The zero-order valence-electron chi connectivity index (χ0n) is 15.9. The summed E-state index contributed by atoms with van der Waals surface area (Å²) in [6.07, 6.45) is 4.44. The van der Waals surface area contributed by atoms with Gasteiger partial charge in [-0.3, -0.25) is 14.5 Å². The molecule has 0 radical (unpaired) electrons. The van der Waals surface area contributed by atoms with Crippen LogP contribution in [0.25, 0.3) is 0 Å². The first-order chi connectivity index (χ1) is 12.8. The molecule has 2 saturated heterocycles. The van der Waals surface area contributed by atoms with E-state index in [0.29, 0.717) is 19.4 Å². The van der Waals surface area contributed by atoms with Crippen molar-refractivity contribution >= 4 is 11.6 Å². The molecule has 5 nitrogen and oxygen atoms in total. The lowest BCUT2D eigenvalue weighted by Gasteiger charge is -2.69. The summed E-state index contributed by atoms with van der Waals surface area (Å²) in [6.45, 7) is 7.95. The van der Waals surface area contributed by atoms with Crippen molar-refractivity contribution in [1.29, 1.82) is 0 Å². The summed E-state index contributed by atoms with van der Waals surface area (Å²) in [5.41, 5.74) is -1.93. The number of piperidine rings is 1. The Morgan fingerprint density at radius 2 is 2.07 bits per heavy atom. The van der Waals surface area contributed by atoms with Crippen LogP contribution in [0.5, 0.6) is 0 Å². The maximum atomic E-state index is 13.7. The molecule has 0 unspecified atom stereocenters. The van der Waals surface area contributed by atoms with E-state index in [1.807, 2.05) is 0 Å². The molecule has 1 N–H and O–H groups in total. The molecule has 144 valence electrons. The van der Waals surface area contributed by atoms with Gasteiger partial charge in [0.15, 0.2) is 5.78 Å². The van der Waals surface area contributed by atoms with E-state index in [4.69, 9.17) is 4.74 Å². The molecule has 0 aromatic rings. The van der Waals surface area contributed by atoms with Gasteiger partial charge in [-0.1, -0.05) is 25.5 Å². The minimum Gasteiger partial charge on any atom is -0.381 e. The topological polar surface area (TPSA) is 66.8 Å². The number of Topliss-reactive ketones (excluding diaryl/α,β-unsaturated/α-hetero) is 2. The Hall–Kier alpha value is -1.04. The number of fused-ring (bicyclic) bond motifs is 4. The van der Waals surface area contributed by atoms with Crippen molar-refractivity contribution in [2.24, 2.45) is 34.0 Å². The number of carbonyl (C=O) groups excluding carboxylic acids is 2. The van der Waals surface area contributed by atoms with E-state index < -0.39 is 16.4 Å². The minimum absolute atomic E-state index is 0.00202. The molecule has 6 aliphatic carbocycles. The number of carbonyl (C=O) groups is 2. The van der Waals surface area contributed by atoms with Crippen molar-refractivity contribution in [1.82, 2.24) is 4.90 Å². The molecular formula is C22H27NO4. The van der Waals surface area contributed by atoms with Crippen molar-refractivity contribution in [3.8, 4) is 0 Å². The lowest BCUT2D eigenvalue weighted by atomic mass is 9.37. The van der Waals surface area contributed by atoms with Crippen LogP contribution in [0.4, 0.5) is 0 Å². The van der Waals surface area contributed by atoms with Gasteiger partial charge in [0.25, 0.3) is 0 Å². The van der Waals surface area contributed by atoms with Gasteiger partial charge in [-0.25, -0.2) is 0 Å². The van der Waals surface area contributed by atoms with Crippen molar-refractivity contribution in [2.45, 2.75) is 63.3 Å². The van der Waals surface area contributed by atoms with Gasteiger partial charge >= 0.3 is 0 Å². The molecule has 5 heteroatoms. The number of aliphatic hydroxyl groups is 1. The fourth-order valence-corrected chi connectivity index (χ4v) is 10.1. The minimum atomic E-state index is -1.35. The van der Waals surface area contributed by atoms with E-state index >= 15 is 0 Å². The van der Waals surface area contributed by atoms with Gasteiger partial charge in [0.2, 0.25) is 0 Å². The summed E-state index contributed by atoms with van der Waals surface area (Å²) in [4.78, 5) is 29.9. The molecule has 0 amide bonds. The molecule has 6 bridgehead atoms. The highest BCUT2D eigenvalue weighted by Crippen LogP contribution is 2.83. The van der Waals surface area contributed by atoms with Crippen LogP contribution >= 0.6 is 0 Å². The average Bonchev–Trinajstić information content (AvgIpc) is 3.10. The smallest absolute Gasteiger partial charge is 0.172 e. The van der Waals surface area contributed by atoms with Crippen molar-refractivity contribution < 1.29 is 19.4 Å². The molecule has 0 aromatic carbocycles. The molecule has 2 aliphatic heterocycles. The van der Waals surface area contributed by atoms with Gasteiger partial charge in [0.1, 0.15) is 17.6 Å². The largest absolute Gasteiger partial charge is 0.381 e. The standard InChI is InChI=1S/C22H27NO4/c1-11-9-20-10-14(24)15-19(2)4-3-5-21(15)16(23-6-7-27-18(19)23)13(20)8-12(11)17(25)22(20,21)26/h12-13,15-16,18,26H,1,3-10H2,2H3/t12-,13-,15-,16-,18+,19-,20+,21-,22+/m1/s1. The molecule has 8 fully saturated rings. The van der Waals surface area contributed by atoms with Gasteiger partial charge in [-0.05, 0) is 31.6 Å². The lowest BCUT2D eigenvalue weighted by Crippen LogP contribution is -2.79. The summed E-state index contributed by atoms with van der Waals surface area (Å²) in [7, 11) is 0. The van der Waals surface area contributed by atoms with E-state index in [2.05, 4.69) is 18.4 Å². The van der Waals surface area contributed by atoms with Gasteiger partial charge in [-0.15, -0.1) is 0 Å². The summed E-state index contributed by atoms with van der Waals surface area (Å²) >= 11 is 0. The van der Waals surface area contributed by atoms with Crippen LogP contribution in [0, 0.1) is 34.0 Å². The number of rotatable bonds is 0. The molecule has 6 saturated carbocycles. The van der Waals surface area contributed by atoms with Crippen molar-refractivity contribution in [3.05, 3.63) is 12.2 Å². The molecule has 2 spiro atoms. The van der Waals surface area contributed by atoms with E-state index in [0.717, 1.165) is 37.8 Å². The third kappa shape index (κ3) is 1.19. The zero-order chi connectivity index (χ0) is 18.6. The van der Waals surface area contributed by atoms with Gasteiger partial charge in [-0.2, -0.15) is 0 Å². The Bertz CT molecular complexity index is 853. The zero-order valence-corrected chi connectivity index (χ0v) is 15.9. The van der Waals surface area contributed by atoms with E-state index in [9.17, 15) is 14.7 Å². The number of hydrogen-bond donors (Lipinski definition) is 1. The normalized spacial score (nSPS) is 62.9. The third-order valence-electron chi connectivity index (χ3n) is 10.4. The highest BCUT2D eigenvalue weighted by molar-refractivity contribution is 6.01. The fraction of sp³-hybridized carbons (Fsp3) is 0.818. The maximum absolute atomic E-state index is 13.7. The Morgan fingerprint density at radius 3 is 2.89 bits per heavy atom. The first kappa shape index (κ1) is 15.8. The number of nitrogens with zero attached hydrogens (tertiary/aromatic N) is 1. The van der Waals surface area contributed by atoms with Crippen LogP contribution in [0.1, 0.15) is 45.4 Å². The Balaban J connectivity index is 1.60. The van der Waals surface area contributed by atoms with Gasteiger partial charge in [0.05, 0.1) is 6.61 Å². The van der Waals surface area contributed by atoms with Gasteiger partial charge in [0, 0.05) is 47.1 Å². The second kappa shape index (κ2) is 4.12. The third-order valence-corrected chi connectivity index (χ3v) is 10.4.